The van der Waals surface area contributed by atoms with E-state index in [0.717, 1.165) is 36.3 Å². The van der Waals surface area contributed by atoms with Crippen LogP contribution in [0.4, 0.5) is 5.69 Å². The smallest absolute Gasteiger partial charge is 0.251 e. The molecule has 5 nitrogen and oxygen atoms in total. The molecule has 1 amide bonds. The van der Waals surface area contributed by atoms with Gasteiger partial charge in [0, 0.05) is 37.0 Å². The van der Waals surface area contributed by atoms with Crippen LogP contribution in [0.3, 0.4) is 0 Å². The molecule has 1 heterocycles. The SMILES string of the molecule is CN1CCN=C(C=Cc2ccc(C(=O)NCCCN)cc2)c2ccccc21. The zero-order chi connectivity index (χ0) is 19.1. The summed E-state index contributed by atoms with van der Waals surface area (Å²) in [5.41, 5.74) is 10.5. The van der Waals surface area contributed by atoms with Gasteiger partial charge in [-0.3, -0.25) is 9.79 Å². The van der Waals surface area contributed by atoms with E-state index in [-0.39, 0.29) is 5.91 Å². The van der Waals surface area contributed by atoms with Gasteiger partial charge in [-0.1, -0.05) is 36.4 Å². The number of carbonyl (C=O) groups is 1. The number of nitrogens with zero attached hydrogens (tertiary/aromatic N) is 2. The topological polar surface area (TPSA) is 70.7 Å². The average molecular weight is 362 g/mol. The van der Waals surface area contributed by atoms with E-state index in [1.807, 2.05) is 42.5 Å². The van der Waals surface area contributed by atoms with Gasteiger partial charge in [0.2, 0.25) is 0 Å². The number of carbonyl (C=O) groups excluding carboxylic acids is 1. The number of hydrogen-bond donors (Lipinski definition) is 2. The predicted octanol–water partition coefficient (Wildman–Crippen LogP) is 2.72. The molecule has 2 aromatic carbocycles. The number of nitrogens with one attached hydrogen (secondary N) is 1. The van der Waals surface area contributed by atoms with Crippen molar-refractivity contribution in [2.24, 2.45) is 10.7 Å². The second-order valence-electron chi connectivity index (χ2n) is 6.56. The molecule has 1 aliphatic rings. The van der Waals surface area contributed by atoms with Gasteiger partial charge < -0.3 is 16.0 Å². The quantitative estimate of drug-likeness (QED) is 0.776. The minimum atomic E-state index is -0.0657. The summed E-state index contributed by atoms with van der Waals surface area (Å²) < 4.78 is 0. The Hall–Kier alpha value is -2.92. The fourth-order valence-electron chi connectivity index (χ4n) is 3.02. The first kappa shape index (κ1) is 18.9. The van der Waals surface area contributed by atoms with E-state index in [0.29, 0.717) is 18.7 Å². The molecule has 0 fully saturated rings. The van der Waals surface area contributed by atoms with Gasteiger partial charge in [-0.2, -0.15) is 0 Å². The van der Waals surface area contributed by atoms with E-state index in [1.54, 1.807) is 0 Å². The lowest BCUT2D eigenvalue weighted by molar-refractivity contribution is 0.0953. The summed E-state index contributed by atoms with van der Waals surface area (Å²) in [4.78, 5) is 19.0. The molecule has 0 radical (unpaired) electrons. The Balaban J connectivity index is 1.72. The number of anilines is 1. The Kier molecular flexibility index (Phi) is 6.39. The molecule has 0 aromatic heterocycles. The standard InChI is InChI=1S/C22H26N4O/c1-26-16-15-24-20(19-5-2-3-6-21(19)26)12-9-17-7-10-18(11-8-17)22(27)25-14-4-13-23/h2-3,5-12H,4,13-16,23H2,1H3,(H,25,27). The minimum Gasteiger partial charge on any atom is -0.372 e. The lowest BCUT2D eigenvalue weighted by atomic mass is 10.0. The summed E-state index contributed by atoms with van der Waals surface area (Å²) in [5, 5.41) is 2.86. The first-order valence-corrected chi connectivity index (χ1v) is 9.30. The van der Waals surface area contributed by atoms with Crippen molar-refractivity contribution in [3.63, 3.8) is 0 Å². The number of aliphatic imine (C=N–C) groups is 1. The average Bonchev–Trinajstić information content (AvgIpc) is 2.86. The molecule has 140 valence electrons. The molecule has 1 aliphatic heterocycles. The highest BCUT2D eigenvalue weighted by atomic mass is 16.1. The van der Waals surface area contributed by atoms with Crippen molar-refractivity contribution in [2.75, 3.05) is 38.1 Å². The summed E-state index contributed by atoms with van der Waals surface area (Å²) in [6.45, 7) is 2.85. The second-order valence-corrected chi connectivity index (χ2v) is 6.56. The first-order valence-electron chi connectivity index (χ1n) is 9.30. The Bertz CT molecular complexity index is 840. The van der Waals surface area contributed by atoms with Gasteiger partial charge in [-0.05, 0) is 42.8 Å². The molecule has 0 aliphatic carbocycles. The maximum Gasteiger partial charge on any atom is 0.251 e. The van der Waals surface area contributed by atoms with Crippen molar-refractivity contribution < 1.29 is 4.79 Å². The lowest BCUT2D eigenvalue weighted by Gasteiger charge is -2.18. The third-order valence-electron chi connectivity index (χ3n) is 4.58. The third-order valence-corrected chi connectivity index (χ3v) is 4.58. The molecular formula is C22H26N4O. The van der Waals surface area contributed by atoms with Gasteiger partial charge in [0.05, 0.1) is 12.3 Å². The molecular weight excluding hydrogens is 336 g/mol. The number of benzene rings is 2. The number of likely N-dealkylation sites (N-methyl/N-ethyl adjacent to an activating group) is 1. The summed E-state index contributed by atoms with van der Waals surface area (Å²) >= 11 is 0. The molecule has 0 atom stereocenters. The molecule has 2 aromatic rings. The van der Waals surface area contributed by atoms with Gasteiger partial charge in [-0.15, -0.1) is 0 Å². The van der Waals surface area contributed by atoms with Crippen LogP contribution < -0.4 is 16.0 Å². The number of rotatable bonds is 6. The van der Waals surface area contributed by atoms with Gasteiger partial charge in [0.1, 0.15) is 0 Å². The van der Waals surface area contributed by atoms with Crippen LogP contribution in [0.5, 0.6) is 0 Å². The zero-order valence-corrected chi connectivity index (χ0v) is 15.7. The van der Waals surface area contributed by atoms with Crippen LogP contribution in [-0.2, 0) is 0 Å². The molecule has 0 saturated heterocycles. The van der Waals surface area contributed by atoms with Crippen molar-refractivity contribution in [2.45, 2.75) is 6.42 Å². The van der Waals surface area contributed by atoms with Crippen LogP contribution in [0.2, 0.25) is 0 Å². The number of para-hydroxylation sites is 1. The maximum absolute atomic E-state index is 12.0. The normalized spacial score (nSPS) is 13.9. The monoisotopic (exact) mass is 362 g/mol. The number of hydrogen-bond acceptors (Lipinski definition) is 4. The fraction of sp³-hybridized carbons (Fsp3) is 0.273. The van der Waals surface area contributed by atoms with E-state index >= 15 is 0 Å². The van der Waals surface area contributed by atoms with Crippen molar-refractivity contribution in [1.82, 2.24) is 5.32 Å². The van der Waals surface area contributed by atoms with Crippen LogP contribution in [0, 0.1) is 0 Å². The third kappa shape index (κ3) is 4.83. The maximum atomic E-state index is 12.0. The lowest BCUT2D eigenvalue weighted by Crippen LogP contribution is -2.25. The number of benzodiazepines with no additional fused rings is 1. The number of fused-ring (bicyclic) bond motifs is 1. The van der Waals surface area contributed by atoms with Crippen LogP contribution in [-0.4, -0.2) is 44.8 Å². The minimum absolute atomic E-state index is 0.0657. The summed E-state index contributed by atoms with van der Waals surface area (Å²) in [5.74, 6) is -0.0657. The number of amides is 1. The highest BCUT2D eigenvalue weighted by Crippen LogP contribution is 2.23. The molecule has 5 heteroatoms. The Morgan fingerprint density at radius 1 is 1.19 bits per heavy atom. The van der Waals surface area contributed by atoms with Gasteiger partial charge in [0.25, 0.3) is 5.91 Å². The predicted molar refractivity (Wildman–Crippen MR) is 113 cm³/mol. The van der Waals surface area contributed by atoms with Crippen molar-refractivity contribution in [3.8, 4) is 0 Å². The fourth-order valence-corrected chi connectivity index (χ4v) is 3.02. The second kappa shape index (κ2) is 9.14. The molecule has 0 bridgehead atoms. The van der Waals surface area contributed by atoms with Gasteiger partial charge in [0.15, 0.2) is 0 Å². The Labute approximate surface area is 160 Å². The van der Waals surface area contributed by atoms with Crippen LogP contribution >= 0.6 is 0 Å². The molecule has 3 N–H and O–H groups in total. The largest absolute Gasteiger partial charge is 0.372 e. The summed E-state index contributed by atoms with van der Waals surface area (Å²) in [6, 6.07) is 15.9. The van der Waals surface area contributed by atoms with Gasteiger partial charge in [-0.25, -0.2) is 0 Å². The highest BCUT2D eigenvalue weighted by molar-refractivity contribution is 6.14. The van der Waals surface area contributed by atoms with Crippen molar-refractivity contribution in [3.05, 3.63) is 71.3 Å². The van der Waals surface area contributed by atoms with E-state index in [4.69, 9.17) is 10.7 Å². The van der Waals surface area contributed by atoms with E-state index in [9.17, 15) is 4.79 Å². The first-order chi connectivity index (χ1) is 13.2. The zero-order valence-electron chi connectivity index (χ0n) is 15.7. The Morgan fingerprint density at radius 2 is 1.96 bits per heavy atom. The summed E-state index contributed by atoms with van der Waals surface area (Å²) in [6.07, 6.45) is 4.87. The van der Waals surface area contributed by atoms with Crippen LogP contribution in [0.25, 0.3) is 6.08 Å². The molecule has 27 heavy (non-hydrogen) atoms. The summed E-state index contributed by atoms with van der Waals surface area (Å²) in [7, 11) is 2.10. The van der Waals surface area contributed by atoms with E-state index < -0.39 is 0 Å². The Morgan fingerprint density at radius 3 is 2.74 bits per heavy atom. The highest BCUT2D eigenvalue weighted by Gasteiger charge is 2.13. The van der Waals surface area contributed by atoms with Crippen molar-refractivity contribution in [1.29, 1.82) is 0 Å². The number of allylic oxidation sites excluding steroid dienone is 1. The van der Waals surface area contributed by atoms with Crippen molar-refractivity contribution >= 4 is 23.4 Å². The number of nitrogens with two attached hydrogens (primary N) is 1. The van der Waals surface area contributed by atoms with Crippen LogP contribution in [0.1, 0.15) is 27.9 Å². The van der Waals surface area contributed by atoms with E-state index in [1.165, 1.54) is 5.69 Å². The molecule has 0 spiro atoms. The van der Waals surface area contributed by atoms with Crippen LogP contribution in [0.15, 0.2) is 59.6 Å². The molecule has 0 saturated carbocycles. The van der Waals surface area contributed by atoms with E-state index in [2.05, 4.69) is 35.5 Å². The van der Waals surface area contributed by atoms with Gasteiger partial charge >= 0.3 is 0 Å². The molecule has 3 rings (SSSR count). The molecule has 0 unspecified atom stereocenters.